The molecule has 0 amide bonds. The highest BCUT2D eigenvalue weighted by molar-refractivity contribution is 5.73. The van der Waals surface area contributed by atoms with Crippen LogP contribution >= 0.6 is 0 Å². The molecule has 0 unspecified atom stereocenters. The molecule has 0 aromatic carbocycles. The molecule has 0 bridgehead atoms. The van der Waals surface area contributed by atoms with Crippen LogP contribution in [0.5, 0.6) is 0 Å². The van der Waals surface area contributed by atoms with Crippen LogP contribution in [0.4, 0.5) is 0 Å². The Morgan fingerprint density at radius 2 is 2.15 bits per heavy atom. The quantitative estimate of drug-likeness (QED) is 0.465. The molecule has 0 aliphatic heterocycles. The zero-order chi connectivity index (χ0) is 10.0. The molecule has 1 saturated carbocycles. The smallest absolute Gasteiger partial charge is 0.311 e. The summed E-state index contributed by atoms with van der Waals surface area (Å²) in [5.41, 5.74) is 5.48. The molecular formula is C8H15NO4. The van der Waals surface area contributed by atoms with E-state index in [0.29, 0.717) is 0 Å². The molecule has 0 spiro atoms. The van der Waals surface area contributed by atoms with E-state index in [1.165, 1.54) is 0 Å². The first-order valence-electron chi connectivity index (χ1n) is 4.36. The van der Waals surface area contributed by atoms with Crippen LogP contribution in [0.1, 0.15) is 13.3 Å². The van der Waals surface area contributed by atoms with E-state index >= 15 is 0 Å². The van der Waals surface area contributed by atoms with Crippen molar-refractivity contribution in [1.82, 2.24) is 0 Å². The first-order chi connectivity index (χ1) is 6.07. The van der Waals surface area contributed by atoms with E-state index in [1.54, 1.807) is 6.92 Å². The van der Waals surface area contributed by atoms with Crippen molar-refractivity contribution >= 4 is 5.97 Å². The van der Waals surface area contributed by atoms with Gasteiger partial charge in [0.15, 0.2) is 0 Å². The minimum Gasteiger partial charge on any atom is -0.466 e. The molecular weight excluding hydrogens is 174 g/mol. The summed E-state index contributed by atoms with van der Waals surface area (Å²) in [4.78, 5) is 11.2. The number of aliphatic hydroxyl groups excluding tert-OH is 2. The Balaban J connectivity index is 2.57. The lowest BCUT2D eigenvalue weighted by Crippen LogP contribution is -2.36. The zero-order valence-electron chi connectivity index (χ0n) is 7.51. The van der Waals surface area contributed by atoms with Crippen LogP contribution in [0.25, 0.3) is 0 Å². The van der Waals surface area contributed by atoms with E-state index in [1.807, 2.05) is 0 Å². The molecule has 13 heavy (non-hydrogen) atoms. The third-order valence-corrected chi connectivity index (χ3v) is 2.32. The van der Waals surface area contributed by atoms with Gasteiger partial charge in [0, 0.05) is 6.04 Å². The number of aliphatic hydroxyl groups is 2. The van der Waals surface area contributed by atoms with Crippen molar-refractivity contribution in [3.05, 3.63) is 0 Å². The maximum absolute atomic E-state index is 11.2. The highest BCUT2D eigenvalue weighted by Gasteiger charge is 2.44. The van der Waals surface area contributed by atoms with Crippen LogP contribution in [0.3, 0.4) is 0 Å². The zero-order valence-corrected chi connectivity index (χ0v) is 7.51. The van der Waals surface area contributed by atoms with Gasteiger partial charge in [-0.05, 0) is 13.3 Å². The SMILES string of the molecule is CCOC(=O)[C@H]1C[C@@H](N)[C@H](O)[C@@H]1O. The fraction of sp³-hybridized carbons (Fsp3) is 0.875. The third-order valence-electron chi connectivity index (χ3n) is 2.32. The van der Waals surface area contributed by atoms with Crippen molar-refractivity contribution in [1.29, 1.82) is 0 Å². The average Bonchev–Trinajstić information content (AvgIpc) is 2.33. The van der Waals surface area contributed by atoms with Gasteiger partial charge in [-0.25, -0.2) is 0 Å². The number of carbonyl (C=O) groups is 1. The van der Waals surface area contributed by atoms with Crippen molar-refractivity contribution in [3.63, 3.8) is 0 Å². The van der Waals surface area contributed by atoms with Gasteiger partial charge in [-0.15, -0.1) is 0 Å². The highest BCUT2D eigenvalue weighted by atomic mass is 16.5. The summed E-state index contributed by atoms with van der Waals surface area (Å²) in [6, 6.07) is -0.538. The van der Waals surface area contributed by atoms with Gasteiger partial charge in [-0.2, -0.15) is 0 Å². The van der Waals surface area contributed by atoms with Crippen LogP contribution in [0, 0.1) is 5.92 Å². The summed E-state index contributed by atoms with van der Waals surface area (Å²) in [6.07, 6.45) is -1.83. The standard InChI is InChI=1S/C8H15NO4/c1-2-13-8(12)4-3-5(9)7(11)6(4)10/h4-7,10-11H,2-3,9H2,1H3/t4-,5+,6+,7-/m0/s1. The Morgan fingerprint density at radius 1 is 1.54 bits per heavy atom. The largest absolute Gasteiger partial charge is 0.466 e. The molecule has 0 radical (unpaired) electrons. The fourth-order valence-corrected chi connectivity index (χ4v) is 1.55. The number of hydrogen-bond acceptors (Lipinski definition) is 5. The van der Waals surface area contributed by atoms with E-state index in [9.17, 15) is 15.0 Å². The van der Waals surface area contributed by atoms with Crippen molar-refractivity contribution in [3.8, 4) is 0 Å². The fourth-order valence-electron chi connectivity index (χ4n) is 1.55. The second kappa shape index (κ2) is 4.04. The Kier molecular flexibility index (Phi) is 3.24. The van der Waals surface area contributed by atoms with Gasteiger partial charge in [0.1, 0.15) is 0 Å². The molecule has 4 atom stereocenters. The van der Waals surface area contributed by atoms with Gasteiger partial charge in [-0.1, -0.05) is 0 Å². The minimum atomic E-state index is -1.09. The molecule has 0 aromatic rings. The number of esters is 1. The number of rotatable bonds is 2. The molecule has 5 heteroatoms. The van der Waals surface area contributed by atoms with Crippen molar-refractivity contribution in [2.45, 2.75) is 31.6 Å². The molecule has 1 fully saturated rings. The second-order valence-electron chi connectivity index (χ2n) is 3.24. The molecule has 76 valence electrons. The van der Waals surface area contributed by atoms with Crippen LogP contribution in [0.2, 0.25) is 0 Å². The molecule has 1 rings (SSSR count). The van der Waals surface area contributed by atoms with Crippen LogP contribution in [-0.2, 0) is 9.53 Å². The monoisotopic (exact) mass is 189 g/mol. The molecule has 1 aliphatic carbocycles. The van der Waals surface area contributed by atoms with Crippen LogP contribution < -0.4 is 5.73 Å². The Bertz CT molecular complexity index is 197. The normalized spacial score (nSPS) is 39.1. The summed E-state index contributed by atoms with van der Waals surface area (Å²) in [5.74, 6) is -1.16. The molecule has 4 N–H and O–H groups in total. The van der Waals surface area contributed by atoms with E-state index in [-0.39, 0.29) is 13.0 Å². The van der Waals surface area contributed by atoms with Gasteiger partial charge in [0.05, 0.1) is 24.7 Å². The summed E-state index contributed by atoms with van der Waals surface area (Å²) in [6.45, 7) is 1.96. The Labute approximate surface area is 76.5 Å². The van der Waals surface area contributed by atoms with Crippen molar-refractivity contribution in [2.24, 2.45) is 11.7 Å². The number of carbonyl (C=O) groups excluding carboxylic acids is 1. The summed E-state index contributed by atoms with van der Waals surface area (Å²) in [5, 5.41) is 18.7. The summed E-state index contributed by atoms with van der Waals surface area (Å²) < 4.78 is 4.73. The van der Waals surface area contributed by atoms with E-state index in [0.717, 1.165) is 0 Å². The lowest BCUT2D eigenvalue weighted by Gasteiger charge is -2.14. The van der Waals surface area contributed by atoms with Crippen LogP contribution in [-0.4, -0.2) is 41.0 Å². The molecule has 0 heterocycles. The average molecular weight is 189 g/mol. The number of ether oxygens (including phenoxy) is 1. The molecule has 1 aliphatic rings. The van der Waals surface area contributed by atoms with Crippen LogP contribution in [0.15, 0.2) is 0 Å². The van der Waals surface area contributed by atoms with Crippen molar-refractivity contribution < 1.29 is 19.7 Å². The lowest BCUT2D eigenvalue weighted by molar-refractivity contribution is -0.152. The minimum absolute atomic E-state index is 0.271. The maximum atomic E-state index is 11.2. The predicted octanol–water partition coefficient (Wildman–Crippen LogP) is -1.38. The topological polar surface area (TPSA) is 92.8 Å². The van der Waals surface area contributed by atoms with Gasteiger partial charge >= 0.3 is 5.97 Å². The first kappa shape index (κ1) is 10.4. The Morgan fingerprint density at radius 3 is 2.54 bits per heavy atom. The molecule has 5 nitrogen and oxygen atoms in total. The Hall–Kier alpha value is -0.650. The molecule has 0 aromatic heterocycles. The van der Waals surface area contributed by atoms with E-state index < -0.39 is 30.1 Å². The predicted molar refractivity (Wildman–Crippen MR) is 44.7 cm³/mol. The molecule has 0 saturated heterocycles. The first-order valence-corrected chi connectivity index (χ1v) is 4.36. The highest BCUT2D eigenvalue weighted by Crippen LogP contribution is 2.26. The summed E-state index contributed by atoms with van der Waals surface area (Å²) in [7, 11) is 0. The van der Waals surface area contributed by atoms with Gasteiger partial charge in [0.25, 0.3) is 0 Å². The van der Waals surface area contributed by atoms with E-state index in [4.69, 9.17) is 10.5 Å². The third kappa shape index (κ3) is 1.99. The van der Waals surface area contributed by atoms with Gasteiger partial charge in [0.2, 0.25) is 0 Å². The lowest BCUT2D eigenvalue weighted by atomic mass is 10.1. The number of hydrogen-bond donors (Lipinski definition) is 3. The van der Waals surface area contributed by atoms with Crippen molar-refractivity contribution in [2.75, 3.05) is 6.61 Å². The van der Waals surface area contributed by atoms with Gasteiger partial charge < -0.3 is 20.7 Å². The summed E-state index contributed by atoms with van der Waals surface area (Å²) >= 11 is 0. The van der Waals surface area contributed by atoms with Gasteiger partial charge in [-0.3, -0.25) is 4.79 Å². The second-order valence-corrected chi connectivity index (χ2v) is 3.24. The number of nitrogens with two attached hydrogens (primary N) is 1. The maximum Gasteiger partial charge on any atom is 0.311 e. The van der Waals surface area contributed by atoms with E-state index in [2.05, 4.69) is 0 Å².